The number of imidazole rings is 1. The van der Waals surface area contributed by atoms with Crippen LogP contribution in [0, 0.1) is 0 Å². The number of nitrogens with one attached hydrogen (secondary N) is 1. The van der Waals surface area contributed by atoms with Gasteiger partial charge < -0.3 is 10.4 Å². The van der Waals surface area contributed by atoms with Crippen molar-refractivity contribution in [1.29, 1.82) is 0 Å². The van der Waals surface area contributed by atoms with Crippen LogP contribution in [-0.2, 0) is 30.7 Å². The summed E-state index contributed by atoms with van der Waals surface area (Å²) >= 11 is 0. The summed E-state index contributed by atoms with van der Waals surface area (Å²) in [5, 5.41) is 14.3. The second kappa shape index (κ2) is 10.8. The molecule has 2 aromatic carbocycles. The molecule has 0 unspecified atom stereocenters. The summed E-state index contributed by atoms with van der Waals surface area (Å²) in [4.78, 5) is 27.7. The van der Waals surface area contributed by atoms with Crippen LogP contribution in [0.2, 0.25) is 0 Å². The highest BCUT2D eigenvalue weighted by Gasteiger charge is 2.40. The molecule has 1 amide bonds. The lowest BCUT2D eigenvalue weighted by Crippen LogP contribution is -2.42. The maximum Gasteiger partial charge on any atom is 0.328 e. The van der Waals surface area contributed by atoms with Gasteiger partial charge in [-0.3, -0.25) is 18.8 Å². The summed E-state index contributed by atoms with van der Waals surface area (Å²) in [6.45, 7) is 2.75. The molecule has 1 aliphatic heterocycles. The Morgan fingerprint density at radius 3 is 2.46 bits per heavy atom. The maximum atomic E-state index is 13.0. The summed E-state index contributed by atoms with van der Waals surface area (Å²) in [5.74, 6) is 0.0400. The number of carbonyl (C=O) groups is 1. The second-order valence-electron chi connectivity index (χ2n) is 11.1. The number of fused-ring (bicyclic) bond motifs is 1. The number of likely N-dealkylation sites (tertiary alicyclic amines) is 1. The molecule has 2 fully saturated rings. The van der Waals surface area contributed by atoms with E-state index < -0.39 is 0 Å². The lowest BCUT2D eigenvalue weighted by atomic mass is 9.74. The number of aromatic nitrogens is 2. The Hall–Kier alpha value is -2.90. The number of hydrogen-bond donors (Lipinski definition) is 2. The smallest absolute Gasteiger partial charge is 0.328 e. The molecule has 0 spiro atoms. The van der Waals surface area contributed by atoms with Gasteiger partial charge in [0.2, 0.25) is 5.91 Å². The molecule has 1 saturated heterocycles. The van der Waals surface area contributed by atoms with Gasteiger partial charge >= 0.3 is 5.69 Å². The number of aliphatic hydroxyl groups excluding tert-OH is 1. The Bertz CT molecular complexity index is 1290. The molecule has 2 heterocycles. The Morgan fingerprint density at radius 2 is 1.70 bits per heavy atom. The van der Waals surface area contributed by atoms with Crippen molar-refractivity contribution in [2.24, 2.45) is 14.1 Å². The van der Waals surface area contributed by atoms with E-state index in [-0.39, 0.29) is 29.2 Å². The van der Waals surface area contributed by atoms with Gasteiger partial charge in [0, 0.05) is 38.5 Å². The monoisotopic (exact) mass is 504 g/mol. The van der Waals surface area contributed by atoms with E-state index in [1.54, 1.807) is 23.2 Å². The van der Waals surface area contributed by atoms with Crippen LogP contribution in [0.1, 0.15) is 56.1 Å². The zero-order valence-electron chi connectivity index (χ0n) is 22.2. The van der Waals surface area contributed by atoms with E-state index in [0.29, 0.717) is 19.4 Å². The third kappa shape index (κ3) is 5.25. The molecule has 198 valence electrons. The number of benzene rings is 2. The molecule has 5 rings (SSSR count). The molecular formula is C30H40N4O3. The van der Waals surface area contributed by atoms with Gasteiger partial charge in [-0.05, 0) is 81.3 Å². The fraction of sp³-hybridized carbons (Fsp3) is 0.533. The van der Waals surface area contributed by atoms with E-state index in [4.69, 9.17) is 0 Å². The summed E-state index contributed by atoms with van der Waals surface area (Å²) in [5.41, 5.74) is 3.86. The quantitative estimate of drug-likeness (QED) is 0.484. The molecule has 3 aromatic rings. The Morgan fingerprint density at radius 1 is 1.00 bits per heavy atom. The van der Waals surface area contributed by atoms with Crippen LogP contribution in [0.4, 0.5) is 0 Å². The van der Waals surface area contributed by atoms with E-state index in [1.165, 1.54) is 18.4 Å². The third-order valence-corrected chi connectivity index (χ3v) is 8.88. The van der Waals surface area contributed by atoms with E-state index in [9.17, 15) is 14.7 Å². The first-order chi connectivity index (χ1) is 17.9. The van der Waals surface area contributed by atoms with Gasteiger partial charge in [-0.2, -0.15) is 0 Å². The van der Waals surface area contributed by atoms with Crippen LogP contribution >= 0.6 is 0 Å². The molecule has 0 radical (unpaired) electrons. The Labute approximate surface area is 219 Å². The van der Waals surface area contributed by atoms with E-state index >= 15 is 0 Å². The first kappa shape index (κ1) is 25.7. The Balaban J connectivity index is 1.26. The first-order valence-electron chi connectivity index (χ1n) is 13.8. The molecule has 7 nitrogen and oxygen atoms in total. The molecule has 2 N–H and O–H groups in total. The minimum Gasteiger partial charge on any atom is -0.391 e. The van der Waals surface area contributed by atoms with Gasteiger partial charge in [-0.1, -0.05) is 36.4 Å². The highest BCUT2D eigenvalue weighted by Crippen LogP contribution is 2.39. The van der Waals surface area contributed by atoms with Gasteiger partial charge in [0.1, 0.15) is 0 Å². The highest BCUT2D eigenvalue weighted by molar-refractivity contribution is 5.78. The number of amides is 1. The van der Waals surface area contributed by atoms with E-state index in [0.717, 1.165) is 55.4 Å². The number of carbonyl (C=O) groups excluding carboxylic acids is 1. The molecule has 1 aliphatic carbocycles. The average molecular weight is 505 g/mol. The number of aliphatic hydroxyl groups is 1. The van der Waals surface area contributed by atoms with Crippen LogP contribution in [0.15, 0.2) is 53.3 Å². The highest BCUT2D eigenvalue weighted by atomic mass is 16.3. The normalized spacial score (nSPS) is 24.8. The van der Waals surface area contributed by atoms with Crippen molar-refractivity contribution >= 4 is 16.9 Å². The van der Waals surface area contributed by atoms with E-state index in [1.807, 2.05) is 24.3 Å². The summed E-state index contributed by atoms with van der Waals surface area (Å²) < 4.78 is 3.30. The number of rotatable bonds is 7. The molecule has 1 saturated carbocycles. The minimum atomic E-state index is -0.316. The first-order valence-corrected chi connectivity index (χ1v) is 13.8. The molecule has 3 atom stereocenters. The third-order valence-electron chi connectivity index (χ3n) is 8.88. The second-order valence-corrected chi connectivity index (χ2v) is 11.1. The molecule has 2 aliphatic rings. The summed E-state index contributed by atoms with van der Waals surface area (Å²) in [6, 6.07) is 16.7. The van der Waals surface area contributed by atoms with Crippen LogP contribution in [0.3, 0.4) is 0 Å². The van der Waals surface area contributed by atoms with Crippen molar-refractivity contribution in [3.05, 3.63) is 70.1 Å². The lowest BCUT2D eigenvalue weighted by Gasteiger charge is -2.34. The largest absolute Gasteiger partial charge is 0.391 e. The number of hydrogen-bond acceptors (Lipinski definition) is 4. The molecule has 37 heavy (non-hydrogen) atoms. The summed E-state index contributed by atoms with van der Waals surface area (Å²) in [6.07, 6.45) is 6.66. The van der Waals surface area contributed by atoms with Crippen molar-refractivity contribution < 1.29 is 9.90 Å². The van der Waals surface area contributed by atoms with Gasteiger partial charge in [-0.15, -0.1) is 0 Å². The van der Waals surface area contributed by atoms with Crippen molar-refractivity contribution in [2.45, 2.75) is 68.9 Å². The summed E-state index contributed by atoms with van der Waals surface area (Å²) in [7, 11) is 3.56. The van der Waals surface area contributed by atoms with Crippen LogP contribution < -0.4 is 11.0 Å². The molecular weight excluding hydrogens is 464 g/mol. The fourth-order valence-electron chi connectivity index (χ4n) is 6.54. The van der Waals surface area contributed by atoms with Gasteiger partial charge in [0.25, 0.3) is 0 Å². The SMILES string of the molecule is Cn1c(=O)n(C)c2cc(CCC(=O)NC[C@@]3(c4ccccc4)CC[C@H](O)[C@@H](N4CCCC4)CC3)ccc21. The van der Waals surface area contributed by atoms with Crippen molar-refractivity contribution in [3.8, 4) is 0 Å². The standard InChI is InChI=1S/C30H40N4O3/c1-32-24-12-10-22(20-26(24)33(2)29(32)37)11-13-28(36)31-21-30(23-8-4-3-5-9-23)16-14-25(27(35)15-17-30)34-18-6-7-19-34/h3-5,8-10,12,20,25,27,35H,6-7,11,13-19,21H2,1-2H3,(H,31,36)/t25-,27-,30-/m0/s1. The van der Waals surface area contributed by atoms with E-state index in [2.05, 4.69) is 34.5 Å². The zero-order valence-corrected chi connectivity index (χ0v) is 22.2. The lowest BCUT2D eigenvalue weighted by molar-refractivity contribution is -0.121. The van der Waals surface area contributed by atoms with Crippen LogP contribution in [-0.4, -0.2) is 56.8 Å². The average Bonchev–Trinajstić information content (AvgIpc) is 3.48. The van der Waals surface area contributed by atoms with Gasteiger partial charge in [-0.25, -0.2) is 4.79 Å². The zero-order chi connectivity index (χ0) is 26.0. The van der Waals surface area contributed by atoms with Gasteiger partial charge in [0.05, 0.1) is 17.1 Å². The maximum absolute atomic E-state index is 13.0. The number of aryl methyl sites for hydroxylation is 3. The van der Waals surface area contributed by atoms with Gasteiger partial charge in [0.15, 0.2) is 0 Å². The minimum absolute atomic E-state index is 0.0400. The topological polar surface area (TPSA) is 79.5 Å². The van der Waals surface area contributed by atoms with Crippen molar-refractivity contribution in [3.63, 3.8) is 0 Å². The van der Waals surface area contributed by atoms with Crippen LogP contribution in [0.5, 0.6) is 0 Å². The van der Waals surface area contributed by atoms with Crippen LogP contribution in [0.25, 0.3) is 11.0 Å². The van der Waals surface area contributed by atoms with Crippen molar-refractivity contribution in [2.75, 3.05) is 19.6 Å². The predicted molar refractivity (Wildman–Crippen MR) is 147 cm³/mol. The fourth-order valence-corrected chi connectivity index (χ4v) is 6.54. The molecule has 0 bridgehead atoms. The molecule has 7 heteroatoms. The molecule has 1 aromatic heterocycles. The Kier molecular flexibility index (Phi) is 7.54. The van der Waals surface area contributed by atoms with Crippen molar-refractivity contribution in [1.82, 2.24) is 19.4 Å². The predicted octanol–water partition coefficient (Wildman–Crippen LogP) is 3.26. The number of nitrogens with zero attached hydrogens (tertiary/aromatic N) is 3.